The third-order valence-corrected chi connectivity index (χ3v) is 3.85. The lowest BCUT2D eigenvalue weighted by molar-refractivity contribution is 0.546. The van der Waals surface area contributed by atoms with Gasteiger partial charge in [0, 0.05) is 17.3 Å². The molecule has 0 amide bonds. The maximum absolute atomic E-state index is 4.22. The second kappa shape index (κ2) is 6.07. The average molecular weight is 261 g/mol. The lowest BCUT2D eigenvalue weighted by atomic mass is 10.0. The van der Waals surface area contributed by atoms with E-state index in [1.807, 2.05) is 13.8 Å². The number of nitrogens with one attached hydrogen (secondary N) is 1. The first kappa shape index (κ1) is 13.2. The number of likely N-dealkylation sites (N-methyl/N-ethyl adjacent to an activating group) is 1. The van der Waals surface area contributed by atoms with Crippen LogP contribution in [0.2, 0.25) is 0 Å². The van der Waals surface area contributed by atoms with E-state index in [0.717, 1.165) is 24.4 Å². The van der Waals surface area contributed by atoms with E-state index < -0.39 is 0 Å². The number of hydrogen-bond donors (Lipinski definition) is 1. The Morgan fingerprint density at radius 3 is 2.83 bits per heavy atom. The fourth-order valence-electron chi connectivity index (χ4n) is 2.09. The van der Waals surface area contributed by atoms with E-state index in [9.17, 15) is 0 Å². The summed E-state index contributed by atoms with van der Waals surface area (Å²) >= 11 is 1.81. The van der Waals surface area contributed by atoms with Crippen molar-refractivity contribution in [1.82, 2.24) is 15.5 Å². The molecule has 3 nitrogen and oxygen atoms in total. The molecule has 1 unspecified atom stereocenters. The van der Waals surface area contributed by atoms with Crippen LogP contribution in [-0.2, 0) is 6.42 Å². The highest BCUT2D eigenvalue weighted by Gasteiger charge is 2.15. The van der Waals surface area contributed by atoms with Gasteiger partial charge in [0.1, 0.15) is 0 Å². The van der Waals surface area contributed by atoms with E-state index in [2.05, 4.69) is 46.0 Å². The summed E-state index contributed by atoms with van der Waals surface area (Å²) in [5.74, 6) is 0. The molecule has 18 heavy (non-hydrogen) atoms. The number of aryl methyl sites for hydroxylation is 2. The van der Waals surface area contributed by atoms with Crippen LogP contribution in [0.1, 0.15) is 34.8 Å². The van der Waals surface area contributed by atoms with Crippen molar-refractivity contribution < 1.29 is 0 Å². The normalized spacial score (nSPS) is 12.6. The van der Waals surface area contributed by atoms with Gasteiger partial charge in [-0.05, 0) is 43.5 Å². The zero-order valence-corrected chi connectivity index (χ0v) is 11.9. The van der Waals surface area contributed by atoms with Crippen molar-refractivity contribution in [2.24, 2.45) is 0 Å². The summed E-state index contributed by atoms with van der Waals surface area (Å²) in [6, 6.07) is 6.75. The summed E-state index contributed by atoms with van der Waals surface area (Å²) in [5, 5.41) is 14.0. The Morgan fingerprint density at radius 1 is 1.33 bits per heavy atom. The summed E-state index contributed by atoms with van der Waals surface area (Å²) in [6.07, 6.45) is 1.01. The first-order valence-electron chi connectivity index (χ1n) is 6.27. The third-order valence-electron chi connectivity index (χ3n) is 2.95. The summed E-state index contributed by atoms with van der Waals surface area (Å²) in [4.78, 5) is 1.40. The number of aromatic nitrogens is 2. The van der Waals surface area contributed by atoms with Crippen LogP contribution in [0.25, 0.3) is 0 Å². The van der Waals surface area contributed by atoms with Crippen LogP contribution < -0.4 is 5.32 Å². The van der Waals surface area contributed by atoms with Crippen molar-refractivity contribution in [3.05, 3.63) is 45.4 Å². The molecule has 0 aliphatic rings. The van der Waals surface area contributed by atoms with Crippen LogP contribution >= 0.6 is 11.3 Å². The monoisotopic (exact) mass is 261 g/mol. The molecule has 0 spiro atoms. The molecule has 0 aliphatic heterocycles. The highest BCUT2D eigenvalue weighted by atomic mass is 32.1. The van der Waals surface area contributed by atoms with Crippen molar-refractivity contribution >= 4 is 11.3 Å². The van der Waals surface area contributed by atoms with Crippen molar-refractivity contribution in [1.29, 1.82) is 0 Å². The van der Waals surface area contributed by atoms with E-state index in [-0.39, 0.29) is 0 Å². The molecular weight excluding hydrogens is 242 g/mol. The number of thiophene rings is 1. The molecule has 0 aliphatic carbocycles. The van der Waals surface area contributed by atoms with Gasteiger partial charge in [-0.1, -0.05) is 13.0 Å². The molecule has 0 radical (unpaired) electrons. The molecule has 0 aromatic carbocycles. The van der Waals surface area contributed by atoms with Crippen LogP contribution in [0.15, 0.2) is 23.6 Å². The van der Waals surface area contributed by atoms with Gasteiger partial charge in [0.05, 0.1) is 11.4 Å². The maximum atomic E-state index is 4.22. The first-order chi connectivity index (χ1) is 8.70. The Hall–Kier alpha value is -1.26. The minimum absolute atomic E-state index is 0.322. The van der Waals surface area contributed by atoms with Gasteiger partial charge in [-0.15, -0.1) is 11.3 Å². The van der Waals surface area contributed by atoms with Crippen molar-refractivity contribution in [2.45, 2.75) is 33.2 Å². The van der Waals surface area contributed by atoms with Crippen LogP contribution in [0.5, 0.6) is 0 Å². The van der Waals surface area contributed by atoms with Gasteiger partial charge >= 0.3 is 0 Å². The minimum atomic E-state index is 0.322. The van der Waals surface area contributed by atoms with E-state index in [0.29, 0.717) is 6.04 Å². The largest absolute Gasteiger partial charge is 0.310 e. The quantitative estimate of drug-likeness (QED) is 0.899. The topological polar surface area (TPSA) is 37.8 Å². The smallest absolute Gasteiger partial charge is 0.0648 e. The average Bonchev–Trinajstić information content (AvgIpc) is 2.85. The zero-order valence-electron chi connectivity index (χ0n) is 11.1. The molecule has 96 valence electrons. The van der Waals surface area contributed by atoms with E-state index in [1.54, 1.807) is 11.3 Å². The van der Waals surface area contributed by atoms with E-state index >= 15 is 0 Å². The van der Waals surface area contributed by atoms with Gasteiger partial charge in [-0.3, -0.25) is 0 Å². The van der Waals surface area contributed by atoms with Gasteiger partial charge in [0.15, 0.2) is 0 Å². The standard InChI is InChI=1S/C14H19N3S/c1-4-15-14(9-12-6-5-7-18-12)13-8-10(2)16-17-11(13)3/h5-8,14-15H,4,9H2,1-3H3. The number of hydrogen-bond acceptors (Lipinski definition) is 4. The van der Waals surface area contributed by atoms with Crippen LogP contribution in [0, 0.1) is 13.8 Å². The van der Waals surface area contributed by atoms with E-state index in [1.165, 1.54) is 10.4 Å². The first-order valence-corrected chi connectivity index (χ1v) is 7.15. The van der Waals surface area contributed by atoms with Gasteiger partial charge in [0.2, 0.25) is 0 Å². The summed E-state index contributed by atoms with van der Waals surface area (Å²) in [5.41, 5.74) is 3.26. The van der Waals surface area contributed by atoms with Gasteiger partial charge in [0.25, 0.3) is 0 Å². The molecule has 0 fully saturated rings. The van der Waals surface area contributed by atoms with Crippen molar-refractivity contribution in [3.63, 3.8) is 0 Å². The van der Waals surface area contributed by atoms with Crippen LogP contribution in [-0.4, -0.2) is 16.7 Å². The molecule has 0 saturated carbocycles. The predicted octanol–water partition coefficient (Wildman–Crippen LogP) is 3.05. The molecule has 2 aromatic heterocycles. The van der Waals surface area contributed by atoms with E-state index in [4.69, 9.17) is 0 Å². The molecule has 0 saturated heterocycles. The molecule has 1 atom stereocenters. The van der Waals surface area contributed by atoms with Crippen molar-refractivity contribution in [2.75, 3.05) is 6.54 Å². The lowest BCUT2D eigenvalue weighted by Crippen LogP contribution is -2.24. The Bertz CT molecular complexity index is 494. The molecule has 0 bridgehead atoms. The van der Waals surface area contributed by atoms with Crippen molar-refractivity contribution in [3.8, 4) is 0 Å². The fourth-order valence-corrected chi connectivity index (χ4v) is 2.84. The number of nitrogens with zero attached hydrogens (tertiary/aromatic N) is 2. The van der Waals surface area contributed by atoms with Gasteiger partial charge in [-0.25, -0.2) is 0 Å². The minimum Gasteiger partial charge on any atom is -0.310 e. The lowest BCUT2D eigenvalue weighted by Gasteiger charge is -2.19. The molecular formula is C14H19N3S. The Balaban J connectivity index is 2.26. The highest BCUT2D eigenvalue weighted by molar-refractivity contribution is 7.09. The Labute approximate surface area is 112 Å². The Kier molecular flexibility index (Phi) is 4.44. The van der Waals surface area contributed by atoms with Gasteiger partial charge in [-0.2, -0.15) is 10.2 Å². The SMILES string of the molecule is CCNC(Cc1cccs1)c1cc(C)nnc1C. The second-order valence-electron chi connectivity index (χ2n) is 4.42. The second-order valence-corrected chi connectivity index (χ2v) is 5.45. The molecule has 2 heterocycles. The Morgan fingerprint density at radius 2 is 2.17 bits per heavy atom. The van der Waals surface area contributed by atoms with Crippen LogP contribution in [0.4, 0.5) is 0 Å². The molecule has 2 rings (SSSR count). The van der Waals surface area contributed by atoms with Gasteiger partial charge < -0.3 is 5.32 Å². The van der Waals surface area contributed by atoms with Crippen LogP contribution in [0.3, 0.4) is 0 Å². The summed E-state index contributed by atoms with van der Waals surface area (Å²) in [7, 11) is 0. The fraction of sp³-hybridized carbons (Fsp3) is 0.429. The molecule has 4 heteroatoms. The number of rotatable bonds is 5. The highest BCUT2D eigenvalue weighted by Crippen LogP contribution is 2.23. The summed E-state index contributed by atoms with van der Waals surface area (Å²) < 4.78 is 0. The zero-order chi connectivity index (χ0) is 13.0. The summed E-state index contributed by atoms with van der Waals surface area (Å²) in [6.45, 7) is 7.11. The maximum Gasteiger partial charge on any atom is 0.0648 e. The predicted molar refractivity (Wildman–Crippen MR) is 75.9 cm³/mol. The molecule has 2 aromatic rings. The molecule has 1 N–H and O–H groups in total. The third kappa shape index (κ3) is 3.15.